The molecule has 3 heteroatoms. The number of rotatable bonds is 5. The Bertz CT molecular complexity index is 299. The van der Waals surface area contributed by atoms with E-state index in [-0.39, 0.29) is 5.60 Å². The maximum Gasteiger partial charge on any atom is 0.0781 e. The van der Waals surface area contributed by atoms with E-state index in [1.807, 2.05) is 0 Å². The minimum absolute atomic E-state index is 0.0878. The van der Waals surface area contributed by atoms with Gasteiger partial charge in [-0.05, 0) is 31.6 Å². The third-order valence-corrected chi connectivity index (χ3v) is 5.43. The summed E-state index contributed by atoms with van der Waals surface area (Å²) in [6.07, 6.45) is 3.70. The van der Waals surface area contributed by atoms with Gasteiger partial charge in [-0.3, -0.25) is 4.90 Å². The molecule has 2 aliphatic heterocycles. The number of hydrogen-bond acceptors (Lipinski definition) is 3. The molecule has 0 saturated carbocycles. The minimum Gasteiger partial charge on any atom is -0.374 e. The largest absolute Gasteiger partial charge is 0.374 e. The van der Waals surface area contributed by atoms with Crippen molar-refractivity contribution in [1.29, 1.82) is 0 Å². The van der Waals surface area contributed by atoms with Crippen LogP contribution in [0.15, 0.2) is 0 Å². The normalized spacial score (nSPS) is 37.5. The Balaban J connectivity index is 2.02. The Morgan fingerprint density at radius 1 is 1.35 bits per heavy atom. The molecule has 3 nitrogen and oxygen atoms in total. The molecule has 2 aliphatic rings. The van der Waals surface area contributed by atoms with Crippen LogP contribution in [0.4, 0.5) is 0 Å². The molecule has 4 atom stereocenters. The molecule has 4 unspecified atom stereocenters. The van der Waals surface area contributed by atoms with Crippen molar-refractivity contribution in [1.82, 2.24) is 10.2 Å². The van der Waals surface area contributed by atoms with E-state index in [1.165, 1.54) is 25.8 Å². The first-order valence-electron chi connectivity index (χ1n) is 8.56. The first-order chi connectivity index (χ1) is 9.45. The zero-order valence-electron chi connectivity index (χ0n) is 14.1. The molecule has 2 rings (SSSR count). The highest BCUT2D eigenvalue weighted by Gasteiger charge is 2.38. The summed E-state index contributed by atoms with van der Waals surface area (Å²) >= 11 is 0. The molecule has 1 N–H and O–H groups in total. The van der Waals surface area contributed by atoms with E-state index in [4.69, 9.17) is 4.74 Å². The van der Waals surface area contributed by atoms with Gasteiger partial charge in [0.25, 0.3) is 0 Å². The smallest absolute Gasteiger partial charge is 0.0781 e. The fourth-order valence-corrected chi connectivity index (χ4v) is 3.75. The van der Waals surface area contributed by atoms with Crippen LogP contribution in [-0.4, -0.2) is 48.8 Å². The number of piperazine rings is 1. The molecule has 0 bridgehead atoms. The standard InChI is InChI=1S/C17H34N2O/c1-6-14(4)15-11-19(16(10-18-15)13(2)3)12-17(5)8-7-9-20-17/h13-16,18H,6-12H2,1-5H3. The molecular weight excluding hydrogens is 248 g/mol. The Morgan fingerprint density at radius 3 is 2.65 bits per heavy atom. The van der Waals surface area contributed by atoms with Crippen molar-refractivity contribution >= 4 is 0 Å². The summed E-state index contributed by atoms with van der Waals surface area (Å²) < 4.78 is 6.03. The highest BCUT2D eigenvalue weighted by molar-refractivity contribution is 4.94. The molecule has 2 saturated heterocycles. The molecule has 2 heterocycles. The topological polar surface area (TPSA) is 24.5 Å². The Morgan fingerprint density at radius 2 is 2.10 bits per heavy atom. The lowest BCUT2D eigenvalue weighted by molar-refractivity contribution is -0.0369. The van der Waals surface area contributed by atoms with Crippen LogP contribution in [0.2, 0.25) is 0 Å². The fraction of sp³-hybridized carbons (Fsp3) is 1.00. The summed E-state index contributed by atoms with van der Waals surface area (Å²) in [4.78, 5) is 2.71. The molecule has 118 valence electrons. The zero-order valence-corrected chi connectivity index (χ0v) is 14.1. The van der Waals surface area contributed by atoms with Gasteiger partial charge in [-0.1, -0.05) is 34.1 Å². The number of hydrogen-bond donors (Lipinski definition) is 1. The highest BCUT2D eigenvalue weighted by Crippen LogP contribution is 2.29. The van der Waals surface area contributed by atoms with Crippen molar-refractivity contribution in [3.63, 3.8) is 0 Å². The maximum absolute atomic E-state index is 6.03. The van der Waals surface area contributed by atoms with Crippen LogP contribution in [0.5, 0.6) is 0 Å². The second-order valence-electron chi connectivity index (χ2n) is 7.54. The van der Waals surface area contributed by atoms with Crippen molar-refractivity contribution in [3.05, 3.63) is 0 Å². The van der Waals surface area contributed by atoms with Crippen LogP contribution in [-0.2, 0) is 4.74 Å². The summed E-state index contributed by atoms with van der Waals surface area (Å²) in [7, 11) is 0. The predicted octanol–water partition coefficient (Wildman–Crippen LogP) is 2.90. The van der Waals surface area contributed by atoms with Gasteiger partial charge >= 0.3 is 0 Å². The molecule has 0 aromatic heterocycles. The SMILES string of the molecule is CCC(C)C1CN(CC2(C)CCCO2)C(C(C)C)CN1. The number of ether oxygens (including phenoxy) is 1. The second-order valence-corrected chi connectivity index (χ2v) is 7.54. The molecule has 0 radical (unpaired) electrons. The van der Waals surface area contributed by atoms with Gasteiger partial charge in [0.1, 0.15) is 0 Å². The zero-order chi connectivity index (χ0) is 14.8. The summed E-state index contributed by atoms with van der Waals surface area (Å²) in [5.41, 5.74) is 0.0878. The first kappa shape index (κ1) is 16.3. The number of nitrogens with one attached hydrogen (secondary N) is 1. The summed E-state index contributed by atoms with van der Waals surface area (Å²) in [5.74, 6) is 1.45. The monoisotopic (exact) mass is 282 g/mol. The molecule has 20 heavy (non-hydrogen) atoms. The summed E-state index contributed by atoms with van der Waals surface area (Å²) in [6.45, 7) is 16.0. The minimum atomic E-state index is 0.0878. The lowest BCUT2D eigenvalue weighted by Crippen LogP contribution is -2.62. The van der Waals surface area contributed by atoms with Crippen molar-refractivity contribution in [2.45, 2.75) is 71.6 Å². The van der Waals surface area contributed by atoms with Crippen LogP contribution >= 0.6 is 0 Å². The average Bonchev–Trinajstić information content (AvgIpc) is 2.83. The van der Waals surface area contributed by atoms with Gasteiger partial charge in [-0.15, -0.1) is 0 Å². The fourth-order valence-electron chi connectivity index (χ4n) is 3.75. The van der Waals surface area contributed by atoms with E-state index in [0.717, 1.165) is 25.6 Å². The molecule has 2 fully saturated rings. The van der Waals surface area contributed by atoms with Gasteiger partial charge in [-0.25, -0.2) is 0 Å². The molecular formula is C17H34N2O. The number of nitrogens with zero attached hydrogens (tertiary/aromatic N) is 1. The van der Waals surface area contributed by atoms with E-state index in [1.54, 1.807) is 0 Å². The quantitative estimate of drug-likeness (QED) is 0.839. The van der Waals surface area contributed by atoms with E-state index in [9.17, 15) is 0 Å². The Hall–Kier alpha value is -0.120. The highest BCUT2D eigenvalue weighted by atomic mass is 16.5. The van der Waals surface area contributed by atoms with E-state index in [2.05, 4.69) is 44.8 Å². The van der Waals surface area contributed by atoms with Crippen molar-refractivity contribution in [2.24, 2.45) is 11.8 Å². The second kappa shape index (κ2) is 6.76. The molecule has 0 spiro atoms. The van der Waals surface area contributed by atoms with Crippen molar-refractivity contribution in [3.8, 4) is 0 Å². The van der Waals surface area contributed by atoms with Gasteiger partial charge < -0.3 is 10.1 Å². The summed E-state index contributed by atoms with van der Waals surface area (Å²) in [6, 6.07) is 1.29. The Kier molecular flexibility index (Phi) is 5.49. The average molecular weight is 282 g/mol. The van der Waals surface area contributed by atoms with Crippen molar-refractivity contribution < 1.29 is 4.74 Å². The van der Waals surface area contributed by atoms with Crippen molar-refractivity contribution in [2.75, 3.05) is 26.2 Å². The lowest BCUT2D eigenvalue weighted by Gasteiger charge is -2.46. The molecule has 0 aromatic rings. The van der Waals surface area contributed by atoms with Crippen LogP contribution < -0.4 is 5.32 Å². The third kappa shape index (κ3) is 3.75. The summed E-state index contributed by atoms with van der Waals surface area (Å²) in [5, 5.41) is 3.79. The van der Waals surface area contributed by atoms with Gasteiger partial charge in [0.15, 0.2) is 0 Å². The van der Waals surface area contributed by atoms with Gasteiger partial charge in [0.2, 0.25) is 0 Å². The van der Waals surface area contributed by atoms with Crippen LogP contribution in [0, 0.1) is 11.8 Å². The maximum atomic E-state index is 6.03. The van der Waals surface area contributed by atoms with E-state index in [0.29, 0.717) is 18.0 Å². The van der Waals surface area contributed by atoms with E-state index < -0.39 is 0 Å². The Labute approximate surface area is 125 Å². The third-order valence-electron chi connectivity index (χ3n) is 5.43. The lowest BCUT2D eigenvalue weighted by atomic mass is 9.90. The van der Waals surface area contributed by atoms with Gasteiger partial charge in [0, 0.05) is 38.3 Å². The first-order valence-corrected chi connectivity index (χ1v) is 8.56. The van der Waals surface area contributed by atoms with E-state index >= 15 is 0 Å². The molecule has 0 aromatic carbocycles. The predicted molar refractivity (Wildman–Crippen MR) is 85.0 cm³/mol. The molecule has 0 amide bonds. The van der Waals surface area contributed by atoms with Crippen LogP contribution in [0.1, 0.15) is 53.9 Å². The van der Waals surface area contributed by atoms with Gasteiger partial charge in [0.05, 0.1) is 5.60 Å². The van der Waals surface area contributed by atoms with Crippen LogP contribution in [0.3, 0.4) is 0 Å². The van der Waals surface area contributed by atoms with Crippen LogP contribution in [0.25, 0.3) is 0 Å². The molecule has 0 aliphatic carbocycles. The van der Waals surface area contributed by atoms with Gasteiger partial charge in [-0.2, -0.15) is 0 Å².